The smallest absolute Gasteiger partial charge is 0.230 e. The van der Waals surface area contributed by atoms with Crippen LogP contribution in [0.1, 0.15) is 51.5 Å². The van der Waals surface area contributed by atoms with Gasteiger partial charge in [0.2, 0.25) is 11.8 Å². The van der Waals surface area contributed by atoms with E-state index in [4.69, 9.17) is 4.74 Å². The van der Waals surface area contributed by atoms with Gasteiger partial charge in [-0.15, -0.1) is 0 Å². The van der Waals surface area contributed by atoms with Crippen molar-refractivity contribution in [2.75, 3.05) is 26.7 Å². The summed E-state index contributed by atoms with van der Waals surface area (Å²) in [5, 5.41) is 0. The average molecular weight is 390 g/mol. The normalized spacial score (nSPS) is 22.4. The topological polar surface area (TPSA) is 49.9 Å². The van der Waals surface area contributed by atoms with Crippen LogP contribution >= 0.6 is 0 Å². The second-order valence-electron chi connectivity index (χ2n) is 8.57. The maximum absolute atomic E-state index is 14.2. The number of ether oxygens (including phenoxy) is 1. The number of benzene rings is 1. The highest BCUT2D eigenvalue weighted by Gasteiger charge is 2.49. The molecule has 2 amide bonds. The van der Waals surface area contributed by atoms with E-state index in [0.717, 1.165) is 19.3 Å². The Kier molecular flexibility index (Phi) is 6.26. The molecule has 0 N–H and O–H groups in total. The van der Waals surface area contributed by atoms with Gasteiger partial charge in [-0.2, -0.15) is 0 Å². The van der Waals surface area contributed by atoms with Crippen molar-refractivity contribution in [3.05, 3.63) is 29.6 Å². The van der Waals surface area contributed by atoms with Gasteiger partial charge in [-0.1, -0.05) is 13.8 Å². The molecule has 2 aliphatic heterocycles. The summed E-state index contributed by atoms with van der Waals surface area (Å²) in [4.78, 5) is 29.4. The number of hydrogen-bond donors (Lipinski definition) is 0. The third-order valence-electron chi connectivity index (χ3n) is 6.08. The molecular formula is C22H31FN2O3. The molecule has 0 radical (unpaired) electrons. The Morgan fingerprint density at radius 2 is 2.07 bits per heavy atom. The molecule has 3 rings (SSSR count). The van der Waals surface area contributed by atoms with Crippen molar-refractivity contribution in [1.29, 1.82) is 0 Å². The zero-order valence-electron chi connectivity index (χ0n) is 17.2. The molecule has 5 nitrogen and oxygen atoms in total. The van der Waals surface area contributed by atoms with E-state index < -0.39 is 5.41 Å². The maximum Gasteiger partial charge on any atom is 0.230 e. The Balaban J connectivity index is 1.68. The molecule has 2 aliphatic rings. The van der Waals surface area contributed by atoms with E-state index >= 15 is 0 Å². The molecule has 2 saturated heterocycles. The van der Waals surface area contributed by atoms with Crippen LogP contribution in [0.5, 0.6) is 5.75 Å². The highest BCUT2D eigenvalue weighted by atomic mass is 19.1. The van der Waals surface area contributed by atoms with E-state index in [1.54, 1.807) is 24.1 Å². The van der Waals surface area contributed by atoms with Gasteiger partial charge >= 0.3 is 0 Å². The Bertz CT molecular complexity index is 736. The summed E-state index contributed by atoms with van der Waals surface area (Å²) in [6.07, 6.45) is 3.80. The second kappa shape index (κ2) is 8.50. The van der Waals surface area contributed by atoms with Gasteiger partial charge in [0, 0.05) is 38.2 Å². The molecule has 1 aromatic rings. The predicted molar refractivity (Wildman–Crippen MR) is 105 cm³/mol. The van der Waals surface area contributed by atoms with Crippen LogP contribution in [0.4, 0.5) is 4.39 Å². The number of carbonyl (C=O) groups excluding carboxylic acids is 2. The van der Waals surface area contributed by atoms with Crippen molar-refractivity contribution < 1.29 is 18.7 Å². The van der Waals surface area contributed by atoms with Crippen molar-refractivity contribution in [3.63, 3.8) is 0 Å². The van der Waals surface area contributed by atoms with Crippen LogP contribution in [0, 0.1) is 17.2 Å². The lowest BCUT2D eigenvalue weighted by atomic mass is 9.78. The zero-order valence-corrected chi connectivity index (χ0v) is 17.2. The minimum atomic E-state index is -0.499. The SMILES string of the molecule is COc1ccc(F)c(CN2CCCC3(CCN(C(=O)CCC(C)C)C3)C2=O)c1. The van der Waals surface area contributed by atoms with Gasteiger partial charge in [0.15, 0.2) is 0 Å². The molecule has 2 heterocycles. The number of methoxy groups -OCH3 is 1. The van der Waals surface area contributed by atoms with E-state index in [9.17, 15) is 14.0 Å². The van der Waals surface area contributed by atoms with E-state index in [1.807, 2.05) is 4.90 Å². The highest BCUT2D eigenvalue weighted by molar-refractivity contribution is 5.86. The van der Waals surface area contributed by atoms with Crippen molar-refractivity contribution in [1.82, 2.24) is 9.80 Å². The van der Waals surface area contributed by atoms with Gasteiger partial charge in [-0.3, -0.25) is 9.59 Å². The van der Waals surface area contributed by atoms with Crippen LogP contribution in [0.15, 0.2) is 18.2 Å². The fraction of sp³-hybridized carbons (Fsp3) is 0.636. The molecule has 0 aliphatic carbocycles. The first-order chi connectivity index (χ1) is 13.3. The summed E-state index contributed by atoms with van der Waals surface area (Å²) in [5.74, 6) is 0.947. The van der Waals surface area contributed by atoms with Crippen LogP contribution < -0.4 is 4.74 Å². The Labute approximate surface area is 166 Å². The number of halogens is 1. The van der Waals surface area contributed by atoms with Crippen molar-refractivity contribution in [2.24, 2.45) is 11.3 Å². The number of nitrogens with zero attached hydrogens (tertiary/aromatic N) is 2. The lowest BCUT2D eigenvalue weighted by Crippen LogP contribution is -2.50. The van der Waals surface area contributed by atoms with Gasteiger partial charge in [-0.05, 0) is 49.8 Å². The fourth-order valence-corrected chi connectivity index (χ4v) is 4.34. The summed E-state index contributed by atoms with van der Waals surface area (Å²) in [6.45, 7) is 6.23. The fourth-order valence-electron chi connectivity index (χ4n) is 4.34. The predicted octanol–water partition coefficient (Wildman–Crippen LogP) is 3.61. The van der Waals surface area contributed by atoms with Crippen LogP contribution in [-0.2, 0) is 16.1 Å². The first-order valence-electron chi connectivity index (χ1n) is 10.2. The van der Waals surface area contributed by atoms with Gasteiger partial charge in [-0.25, -0.2) is 4.39 Å². The summed E-state index contributed by atoms with van der Waals surface area (Å²) < 4.78 is 19.4. The third kappa shape index (κ3) is 4.31. The Morgan fingerprint density at radius 3 is 2.79 bits per heavy atom. The molecule has 1 spiro atoms. The minimum absolute atomic E-state index is 0.0557. The molecule has 6 heteroatoms. The quantitative estimate of drug-likeness (QED) is 0.746. The summed E-state index contributed by atoms with van der Waals surface area (Å²) >= 11 is 0. The molecule has 28 heavy (non-hydrogen) atoms. The number of carbonyl (C=O) groups is 2. The molecular weight excluding hydrogens is 359 g/mol. The third-order valence-corrected chi connectivity index (χ3v) is 6.08. The van der Waals surface area contributed by atoms with E-state index in [0.29, 0.717) is 49.7 Å². The molecule has 154 valence electrons. The summed E-state index contributed by atoms with van der Waals surface area (Å²) in [5.41, 5.74) is -0.0335. The van der Waals surface area contributed by atoms with E-state index in [-0.39, 0.29) is 24.2 Å². The summed E-state index contributed by atoms with van der Waals surface area (Å²) in [7, 11) is 1.54. The van der Waals surface area contributed by atoms with Gasteiger partial charge in [0.25, 0.3) is 0 Å². The molecule has 0 saturated carbocycles. The molecule has 2 fully saturated rings. The number of hydrogen-bond acceptors (Lipinski definition) is 3. The van der Waals surface area contributed by atoms with Crippen LogP contribution in [-0.4, -0.2) is 48.4 Å². The van der Waals surface area contributed by atoms with E-state index in [1.165, 1.54) is 6.07 Å². The van der Waals surface area contributed by atoms with Crippen molar-refractivity contribution >= 4 is 11.8 Å². The van der Waals surface area contributed by atoms with Gasteiger partial charge in [0.05, 0.1) is 12.5 Å². The first kappa shape index (κ1) is 20.6. The highest BCUT2D eigenvalue weighted by Crippen LogP contribution is 2.41. The molecule has 1 unspecified atom stereocenters. The average Bonchev–Trinajstić information content (AvgIpc) is 3.10. The number of piperidine rings is 1. The van der Waals surface area contributed by atoms with Crippen molar-refractivity contribution in [2.45, 2.75) is 52.5 Å². The van der Waals surface area contributed by atoms with Gasteiger partial charge < -0.3 is 14.5 Å². The number of rotatable bonds is 6. The lowest BCUT2D eigenvalue weighted by molar-refractivity contribution is -0.146. The minimum Gasteiger partial charge on any atom is -0.497 e. The Morgan fingerprint density at radius 1 is 1.29 bits per heavy atom. The first-order valence-corrected chi connectivity index (χ1v) is 10.2. The number of likely N-dealkylation sites (tertiary alicyclic amines) is 2. The molecule has 1 atom stereocenters. The van der Waals surface area contributed by atoms with Crippen LogP contribution in [0.25, 0.3) is 0 Å². The monoisotopic (exact) mass is 390 g/mol. The largest absolute Gasteiger partial charge is 0.497 e. The van der Waals surface area contributed by atoms with Crippen molar-refractivity contribution in [3.8, 4) is 5.75 Å². The standard InChI is InChI=1S/C22H31FN2O3/c1-16(2)5-8-20(26)25-12-10-22(15-25)9-4-11-24(21(22)27)14-17-13-18(28-3)6-7-19(17)23/h6-7,13,16H,4-5,8-12,14-15H2,1-3H3. The van der Waals surface area contributed by atoms with Gasteiger partial charge in [0.1, 0.15) is 11.6 Å². The second-order valence-corrected chi connectivity index (χ2v) is 8.57. The maximum atomic E-state index is 14.2. The van der Waals surface area contributed by atoms with Crippen LogP contribution in [0.2, 0.25) is 0 Å². The Hall–Kier alpha value is -2.11. The lowest BCUT2D eigenvalue weighted by Gasteiger charge is -2.39. The number of amides is 2. The molecule has 0 aromatic heterocycles. The zero-order chi connectivity index (χ0) is 20.3. The molecule has 0 bridgehead atoms. The van der Waals surface area contributed by atoms with Crippen LogP contribution in [0.3, 0.4) is 0 Å². The van der Waals surface area contributed by atoms with E-state index in [2.05, 4.69) is 13.8 Å². The summed E-state index contributed by atoms with van der Waals surface area (Å²) in [6, 6.07) is 4.61. The molecule has 1 aromatic carbocycles.